The van der Waals surface area contributed by atoms with Crippen molar-refractivity contribution in [1.82, 2.24) is 0 Å². The predicted molar refractivity (Wildman–Crippen MR) is 71.6 cm³/mol. The number of nitrogens with zero attached hydrogens (tertiary/aromatic N) is 1. The molecule has 0 radical (unpaired) electrons. The van der Waals surface area contributed by atoms with Crippen molar-refractivity contribution in [1.29, 1.82) is 0 Å². The first kappa shape index (κ1) is 16.7. The van der Waals surface area contributed by atoms with E-state index in [0.717, 1.165) is 0 Å². The van der Waals surface area contributed by atoms with E-state index in [2.05, 4.69) is 9.99 Å². The average Bonchev–Trinajstić information content (AvgIpc) is 2.58. The third-order valence-corrected chi connectivity index (χ3v) is 2.91. The van der Waals surface area contributed by atoms with E-state index in [1.165, 1.54) is 13.3 Å². The second-order valence-corrected chi connectivity index (χ2v) is 4.30. The molecule has 0 spiro atoms. The molecule has 0 aromatic heterocycles. The number of ether oxygens (including phenoxy) is 1. The van der Waals surface area contributed by atoms with Gasteiger partial charge < -0.3 is 9.57 Å². The van der Waals surface area contributed by atoms with Crippen LogP contribution in [0.1, 0.15) is 11.1 Å². The Bertz CT molecular complexity index is 720. The lowest BCUT2D eigenvalue weighted by Crippen LogP contribution is -2.07. The summed E-state index contributed by atoms with van der Waals surface area (Å²) in [6, 6.07) is 6.68. The minimum absolute atomic E-state index is 0.469. The maximum absolute atomic E-state index is 13.4. The summed E-state index contributed by atoms with van der Waals surface area (Å²) in [6.07, 6.45) is 1.19. The quantitative estimate of drug-likeness (QED) is 0.273. The molecule has 0 unspecified atom stereocenters. The van der Waals surface area contributed by atoms with Crippen molar-refractivity contribution in [2.24, 2.45) is 5.16 Å². The number of benzene rings is 2. The predicted octanol–water partition coefficient (Wildman–Crippen LogP) is 3.94. The second-order valence-electron chi connectivity index (χ2n) is 4.30. The van der Waals surface area contributed by atoms with Crippen LogP contribution in [0.3, 0.4) is 0 Å². The fourth-order valence-electron chi connectivity index (χ4n) is 1.75. The number of hydrogen-bond donors (Lipinski definition) is 0. The maximum atomic E-state index is 13.4. The molecule has 23 heavy (non-hydrogen) atoms. The van der Waals surface area contributed by atoms with Crippen molar-refractivity contribution in [2.45, 2.75) is 6.61 Å². The molecule has 2 rings (SSSR count). The van der Waals surface area contributed by atoms with Crippen molar-refractivity contribution in [3.05, 3.63) is 64.5 Å². The topological polar surface area (TPSA) is 30.8 Å². The van der Waals surface area contributed by atoms with Gasteiger partial charge in [-0.05, 0) is 12.1 Å². The Morgan fingerprint density at radius 1 is 0.913 bits per heavy atom. The molecule has 0 bridgehead atoms. The molecule has 0 aliphatic heterocycles. The first-order valence-electron chi connectivity index (χ1n) is 6.26. The molecule has 0 heterocycles. The largest absolute Gasteiger partial charge is 0.496 e. The Labute approximate surface area is 127 Å². The Kier molecular flexibility index (Phi) is 5.15. The summed E-state index contributed by atoms with van der Waals surface area (Å²) in [7, 11) is 1.43. The standard InChI is InChI=1S/C15H10F5NO2/c1-22-10-5-3-2-4-8(10)6-21-23-7-9-11(16)13(18)15(20)14(19)12(9)17/h2-6H,7H2,1H3. The number of hydrogen-bond acceptors (Lipinski definition) is 3. The molecule has 122 valence electrons. The Balaban J connectivity index is 2.15. The number of para-hydroxylation sites is 1. The van der Waals surface area contributed by atoms with E-state index in [1.54, 1.807) is 24.3 Å². The molecule has 0 aliphatic rings. The molecular formula is C15H10F5NO2. The second kappa shape index (κ2) is 7.08. The van der Waals surface area contributed by atoms with Crippen molar-refractivity contribution >= 4 is 6.21 Å². The van der Waals surface area contributed by atoms with Crippen LogP contribution in [-0.4, -0.2) is 13.3 Å². The van der Waals surface area contributed by atoms with Gasteiger partial charge in [0.2, 0.25) is 5.82 Å². The third-order valence-electron chi connectivity index (χ3n) is 2.91. The van der Waals surface area contributed by atoms with Crippen molar-refractivity contribution in [2.75, 3.05) is 7.11 Å². The van der Waals surface area contributed by atoms with Crippen LogP contribution in [0.5, 0.6) is 5.75 Å². The fraction of sp³-hybridized carbons (Fsp3) is 0.133. The van der Waals surface area contributed by atoms with Crippen molar-refractivity contribution in [3.63, 3.8) is 0 Å². The van der Waals surface area contributed by atoms with Crippen LogP contribution in [0, 0.1) is 29.1 Å². The number of methoxy groups -OCH3 is 1. The molecule has 0 saturated carbocycles. The zero-order chi connectivity index (χ0) is 17.0. The van der Waals surface area contributed by atoms with Crippen molar-refractivity contribution < 1.29 is 31.5 Å². The van der Waals surface area contributed by atoms with Gasteiger partial charge in [-0.15, -0.1) is 0 Å². The van der Waals surface area contributed by atoms with E-state index in [1.807, 2.05) is 0 Å². The van der Waals surface area contributed by atoms with E-state index >= 15 is 0 Å². The molecule has 0 saturated heterocycles. The van der Waals surface area contributed by atoms with Crippen LogP contribution in [-0.2, 0) is 11.4 Å². The molecule has 0 atom stereocenters. The van der Waals surface area contributed by atoms with E-state index in [4.69, 9.17) is 4.74 Å². The van der Waals surface area contributed by atoms with Crippen LogP contribution in [0.4, 0.5) is 22.0 Å². The molecule has 0 aliphatic carbocycles. The molecule has 2 aromatic rings. The zero-order valence-electron chi connectivity index (χ0n) is 11.7. The van der Waals surface area contributed by atoms with Gasteiger partial charge in [0.25, 0.3) is 0 Å². The summed E-state index contributed by atoms with van der Waals surface area (Å²) in [4.78, 5) is 4.61. The van der Waals surface area contributed by atoms with Crippen LogP contribution in [0.2, 0.25) is 0 Å². The smallest absolute Gasteiger partial charge is 0.200 e. The highest BCUT2D eigenvalue weighted by Gasteiger charge is 2.25. The fourth-order valence-corrected chi connectivity index (χ4v) is 1.75. The maximum Gasteiger partial charge on any atom is 0.200 e. The van der Waals surface area contributed by atoms with Crippen LogP contribution < -0.4 is 4.74 Å². The molecule has 2 aromatic carbocycles. The molecule has 8 heteroatoms. The monoisotopic (exact) mass is 331 g/mol. The van der Waals surface area contributed by atoms with Crippen LogP contribution in [0.25, 0.3) is 0 Å². The summed E-state index contributed by atoms with van der Waals surface area (Å²) in [6.45, 7) is -0.919. The van der Waals surface area contributed by atoms with Gasteiger partial charge >= 0.3 is 0 Å². The normalized spacial score (nSPS) is 11.0. The summed E-state index contributed by atoms with van der Waals surface area (Å²) in [5, 5.41) is 3.43. The summed E-state index contributed by atoms with van der Waals surface area (Å²) in [5.74, 6) is -9.72. The van der Waals surface area contributed by atoms with E-state index in [0.29, 0.717) is 11.3 Å². The molecule has 3 nitrogen and oxygen atoms in total. The van der Waals surface area contributed by atoms with E-state index in [9.17, 15) is 22.0 Å². The highest BCUT2D eigenvalue weighted by Crippen LogP contribution is 2.23. The van der Waals surface area contributed by atoms with Gasteiger partial charge in [-0.2, -0.15) is 0 Å². The number of oxime groups is 1. The van der Waals surface area contributed by atoms with Gasteiger partial charge in [0, 0.05) is 5.56 Å². The summed E-state index contributed by atoms with van der Waals surface area (Å²) < 4.78 is 70.7. The van der Waals surface area contributed by atoms with Gasteiger partial charge in [-0.3, -0.25) is 0 Å². The average molecular weight is 331 g/mol. The Hall–Kier alpha value is -2.64. The minimum Gasteiger partial charge on any atom is -0.496 e. The van der Waals surface area contributed by atoms with Gasteiger partial charge in [-0.1, -0.05) is 17.3 Å². The SMILES string of the molecule is COc1ccccc1C=NOCc1c(F)c(F)c(F)c(F)c1F. The first-order chi connectivity index (χ1) is 11.0. The molecule has 0 amide bonds. The summed E-state index contributed by atoms with van der Waals surface area (Å²) in [5.41, 5.74) is -0.592. The number of rotatable bonds is 5. The molecule has 0 N–H and O–H groups in total. The Morgan fingerprint density at radius 3 is 2.09 bits per heavy atom. The van der Waals surface area contributed by atoms with E-state index in [-0.39, 0.29) is 0 Å². The summed E-state index contributed by atoms with van der Waals surface area (Å²) >= 11 is 0. The third kappa shape index (κ3) is 3.41. The van der Waals surface area contributed by atoms with Gasteiger partial charge in [0.1, 0.15) is 12.4 Å². The van der Waals surface area contributed by atoms with Crippen LogP contribution in [0.15, 0.2) is 29.4 Å². The zero-order valence-corrected chi connectivity index (χ0v) is 11.7. The van der Waals surface area contributed by atoms with Crippen molar-refractivity contribution in [3.8, 4) is 5.75 Å². The number of halogens is 5. The van der Waals surface area contributed by atoms with Gasteiger partial charge in [0.15, 0.2) is 23.3 Å². The first-order valence-corrected chi connectivity index (χ1v) is 6.26. The lowest BCUT2D eigenvalue weighted by molar-refractivity contribution is 0.124. The van der Waals surface area contributed by atoms with Gasteiger partial charge in [-0.25, -0.2) is 22.0 Å². The molecule has 0 fully saturated rings. The minimum atomic E-state index is -2.22. The van der Waals surface area contributed by atoms with Crippen LogP contribution >= 0.6 is 0 Å². The highest BCUT2D eigenvalue weighted by atomic mass is 19.2. The van der Waals surface area contributed by atoms with E-state index < -0.39 is 41.3 Å². The molecular weight excluding hydrogens is 321 g/mol. The lowest BCUT2D eigenvalue weighted by atomic mass is 10.2. The highest BCUT2D eigenvalue weighted by molar-refractivity contribution is 5.82. The Morgan fingerprint density at radius 2 is 1.48 bits per heavy atom. The van der Waals surface area contributed by atoms with Gasteiger partial charge in [0.05, 0.1) is 18.9 Å². The lowest BCUT2D eigenvalue weighted by Gasteiger charge is -2.07.